The van der Waals surface area contributed by atoms with Crippen LogP contribution in [0, 0.1) is 5.82 Å². The van der Waals surface area contributed by atoms with Crippen molar-refractivity contribution < 1.29 is 9.18 Å². The maximum Gasteiger partial charge on any atom is 0.237 e. The van der Waals surface area contributed by atoms with Crippen molar-refractivity contribution in [3.05, 3.63) is 47.3 Å². The molecule has 1 unspecified atom stereocenters. The monoisotopic (exact) mass is 284 g/mol. The predicted octanol–water partition coefficient (Wildman–Crippen LogP) is 2.60. The molecule has 1 atom stereocenters. The third-order valence-corrected chi connectivity index (χ3v) is 3.28. The van der Waals surface area contributed by atoms with Crippen molar-refractivity contribution in [3.8, 4) is 0 Å². The summed E-state index contributed by atoms with van der Waals surface area (Å²) in [5, 5.41) is 3.07. The molecule has 0 fully saturated rings. The van der Waals surface area contributed by atoms with Gasteiger partial charge in [0.15, 0.2) is 0 Å². The van der Waals surface area contributed by atoms with Gasteiger partial charge in [-0.2, -0.15) is 0 Å². The van der Waals surface area contributed by atoms with Gasteiger partial charge < -0.3 is 5.32 Å². The largest absolute Gasteiger partial charge is 0.351 e. The molecule has 0 aromatic heterocycles. The van der Waals surface area contributed by atoms with E-state index in [0.29, 0.717) is 17.1 Å². The second-order valence-electron chi connectivity index (χ2n) is 4.33. The van der Waals surface area contributed by atoms with E-state index in [9.17, 15) is 9.18 Å². The summed E-state index contributed by atoms with van der Waals surface area (Å²) in [5.41, 5.74) is 0.398. The number of rotatable bonds is 6. The highest BCUT2D eigenvalue weighted by molar-refractivity contribution is 6.31. The van der Waals surface area contributed by atoms with Gasteiger partial charge in [0.05, 0.1) is 6.04 Å². The quantitative estimate of drug-likeness (QED) is 0.815. The number of nitrogens with zero attached hydrogens (tertiary/aromatic N) is 1. The Kier molecular flexibility index (Phi) is 5.99. The van der Waals surface area contributed by atoms with Crippen LogP contribution >= 0.6 is 11.6 Å². The second-order valence-corrected chi connectivity index (χ2v) is 4.73. The lowest BCUT2D eigenvalue weighted by molar-refractivity contribution is -0.125. The van der Waals surface area contributed by atoms with Crippen LogP contribution in [0.25, 0.3) is 0 Å². The Labute approximate surface area is 118 Å². The van der Waals surface area contributed by atoms with Gasteiger partial charge in [-0.1, -0.05) is 23.7 Å². The Morgan fingerprint density at radius 3 is 2.89 bits per heavy atom. The number of benzene rings is 1. The Morgan fingerprint density at radius 1 is 1.63 bits per heavy atom. The molecule has 0 saturated heterocycles. The predicted molar refractivity (Wildman–Crippen MR) is 75.5 cm³/mol. The van der Waals surface area contributed by atoms with Gasteiger partial charge in [-0.25, -0.2) is 4.39 Å². The van der Waals surface area contributed by atoms with Gasteiger partial charge in [0, 0.05) is 23.7 Å². The van der Waals surface area contributed by atoms with Crippen LogP contribution in [0.2, 0.25) is 5.02 Å². The number of hydrogen-bond donors (Lipinski definition) is 1. The van der Waals surface area contributed by atoms with Crippen molar-refractivity contribution in [2.24, 2.45) is 0 Å². The molecule has 1 amide bonds. The van der Waals surface area contributed by atoms with Crippen LogP contribution in [0.1, 0.15) is 12.5 Å². The number of likely N-dealkylation sites (N-methyl/N-ethyl adjacent to an activating group) is 1. The van der Waals surface area contributed by atoms with Crippen LogP contribution in [-0.2, 0) is 11.3 Å². The van der Waals surface area contributed by atoms with Crippen LogP contribution in [0.3, 0.4) is 0 Å². The number of amides is 1. The zero-order chi connectivity index (χ0) is 14.4. The first kappa shape index (κ1) is 15.7. The standard InChI is InChI=1S/C14H18ClFN2O/c1-4-8-17-14(19)10(2)18(3)9-11-12(15)6-5-7-13(11)16/h4-7,10H,1,8-9H2,2-3H3,(H,17,19). The second kappa shape index (κ2) is 7.26. The Hall–Kier alpha value is -1.39. The van der Waals surface area contributed by atoms with Crippen molar-refractivity contribution in [2.75, 3.05) is 13.6 Å². The number of nitrogens with one attached hydrogen (secondary N) is 1. The van der Waals surface area contributed by atoms with Gasteiger partial charge in [0.25, 0.3) is 0 Å². The van der Waals surface area contributed by atoms with E-state index < -0.39 is 0 Å². The first-order chi connectivity index (χ1) is 8.97. The summed E-state index contributed by atoms with van der Waals surface area (Å²) in [6.07, 6.45) is 1.61. The average molecular weight is 285 g/mol. The van der Waals surface area contributed by atoms with E-state index in [2.05, 4.69) is 11.9 Å². The molecule has 0 radical (unpaired) electrons. The molecule has 0 saturated carbocycles. The molecular weight excluding hydrogens is 267 g/mol. The average Bonchev–Trinajstić information content (AvgIpc) is 2.39. The number of hydrogen-bond acceptors (Lipinski definition) is 2. The highest BCUT2D eigenvalue weighted by atomic mass is 35.5. The summed E-state index contributed by atoms with van der Waals surface area (Å²) in [6.45, 7) is 5.98. The fraction of sp³-hybridized carbons (Fsp3) is 0.357. The fourth-order valence-electron chi connectivity index (χ4n) is 1.59. The molecule has 1 aromatic carbocycles. The van der Waals surface area contributed by atoms with E-state index in [1.54, 1.807) is 37.1 Å². The van der Waals surface area contributed by atoms with Crippen molar-refractivity contribution in [3.63, 3.8) is 0 Å². The van der Waals surface area contributed by atoms with Gasteiger partial charge in [-0.05, 0) is 26.1 Å². The van der Waals surface area contributed by atoms with Gasteiger partial charge in [-0.3, -0.25) is 9.69 Å². The topological polar surface area (TPSA) is 32.3 Å². The van der Waals surface area contributed by atoms with Gasteiger partial charge >= 0.3 is 0 Å². The molecule has 1 rings (SSSR count). The fourth-order valence-corrected chi connectivity index (χ4v) is 1.81. The Morgan fingerprint density at radius 2 is 2.32 bits per heavy atom. The van der Waals surface area contributed by atoms with E-state index in [4.69, 9.17) is 11.6 Å². The smallest absolute Gasteiger partial charge is 0.237 e. The molecule has 0 aliphatic heterocycles. The molecule has 0 aliphatic rings. The summed E-state index contributed by atoms with van der Waals surface area (Å²) < 4.78 is 13.7. The van der Waals surface area contributed by atoms with Crippen molar-refractivity contribution in [1.82, 2.24) is 10.2 Å². The molecule has 0 heterocycles. The minimum Gasteiger partial charge on any atom is -0.351 e. The summed E-state index contributed by atoms with van der Waals surface area (Å²) in [4.78, 5) is 13.5. The number of halogens is 2. The molecule has 1 N–H and O–H groups in total. The molecule has 104 valence electrons. The lowest BCUT2D eigenvalue weighted by Crippen LogP contribution is -2.43. The van der Waals surface area contributed by atoms with Crippen LogP contribution in [0.5, 0.6) is 0 Å². The highest BCUT2D eigenvalue weighted by Gasteiger charge is 2.19. The van der Waals surface area contributed by atoms with E-state index in [0.717, 1.165) is 0 Å². The number of carbonyl (C=O) groups excluding carboxylic acids is 1. The van der Waals surface area contributed by atoms with Crippen molar-refractivity contribution >= 4 is 17.5 Å². The van der Waals surface area contributed by atoms with E-state index >= 15 is 0 Å². The molecule has 19 heavy (non-hydrogen) atoms. The highest BCUT2D eigenvalue weighted by Crippen LogP contribution is 2.20. The van der Waals surface area contributed by atoms with Crippen LogP contribution in [0.15, 0.2) is 30.9 Å². The minimum absolute atomic E-state index is 0.130. The molecular formula is C14H18ClFN2O. The molecule has 0 spiro atoms. The number of carbonyl (C=O) groups is 1. The normalized spacial score (nSPS) is 12.3. The third kappa shape index (κ3) is 4.33. The lowest BCUT2D eigenvalue weighted by Gasteiger charge is -2.24. The summed E-state index contributed by atoms with van der Waals surface area (Å²) in [6, 6.07) is 4.17. The molecule has 0 bridgehead atoms. The van der Waals surface area contributed by atoms with E-state index in [-0.39, 0.29) is 24.3 Å². The van der Waals surface area contributed by atoms with Crippen molar-refractivity contribution in [1.29, 1.82) is 0 Å². The van der Waals surface area contributed by atoms with Crippen LogP contribution in [-0.4, -0.2) is 30.4 Å². The van der Waals surface area contributed by atoms with Gasteiger partial charge in [-0.15, -0.1) is 6.58 Å². The summed E-state index contributed by atoms with van der Waals surface area (Å²) in [5.74, 6) is -0.493. The molecule has 5 heteroatoms. The van der Waals surface area contributed by atoms with Crippen molar-refractivity contribution in [2.45, 2.75) is 19.5 Å². The van der Waals surface area contributed by atoms with Gasteiger partial charge in [0.2, 0.25) is 5.91 Å². The minimum atomic E-state index is -0.379. The van der Waals surface area contributed by atoms with Crippen LogP contribution in [0.4, 0.5) is 4.39 Å². The van der Waals surface area contributed by atoms with E-state index in [1.165, 1.54) is 6.07 Å². The van der Waals surface area contributed by atoms with E-state index in [1.807, 2.05) is 0 Å². The zero-order valence-corrected chi connectivity index (χ0v) is 11.9. The Bertz CT molecular complexity index is 445. The van der Waals surface area contributed by atoms with Crippen LogP contribution < -0.4 is 5.32 Å². The maximum absolute atomic E-state index is 13.7. The molecule has 1 aromatic rings. The Balaban J connectivity index is 2.71. The third-order valence-electron chi connectivity index (χ3n) is 2.93. The summed E-state index contributed by atoms with van der Waals surface area (Å²) in [7, 11) is 1.75. The zero-order valence-electron chi connectivity index (χ0n) is 11.1. The maximum atomic E-state index is 13.7. The van der Waals surface area contributed by atoms with Gasteiger partial charge in [0.1, 0.15) is 5.82 Å². The SMILES string of the molecule is C=CCNC(=O)C(C)N(C)Cc1c(F)cccc1Cl. The first-order valence-electron chi connectivity index (χ1n) is 5.99. The lowest BCUT2D eigenvalue weighted by atomic mass is 10.1. The molecule has 3 nitrogen and oxygen atoms in total. The first-order valence-corrected chi connectivity index (χ1v) is 6.37. The summed E-state index contributed by atoms with van der Waals surface area (Å²) >= 11 is 5.96. The molecule has 0 aliphatic carbocycles.